The van der Waals surface area contributed by atoms with Crippen LogP contribution in [-0.4, -0.2) is 10.2 Å². The van der Waals surface area contributed by atoms with Crippen LogP contribution < -0.4 is 0 Å². The number of rotatable bonds is 0. The summed E-state index contributed by atoms with van der Waals surface area (Å²) in [5.41, 5.74) is 1.16. The van der Waals surface area contributed by atoms with Gasteiger partial charge < -0.3 is 0 Å². The van der Waals surface area contributed by atoms with Gasteiger partial charge in [0.15, 0.2) is 5.15 Å². The van der Waals surface area contributed by atoms with E-state index in [1.165, 1.54) is 18.3 Å². The normalized spacial score (nSPS) is 9.38. The molecule has 0 radical (unpaired) electrons. The van der Waals surface area contributed by atoms with Gasteiger partial charge in [-0.05, 0) is 24.3 Å². The third-order valence-corrected chi connectivity index (χ3v) is 2.12. The summed E-state index contributed by atoms with van der Waals surface area (Å²) < 4.78 is 12.9. The number of nitrogens with zero attached hydrogens (tertiary/aromatic N) is 2. The maximum atomic E-state index is 12.9. The maximum Gasteiger partial charge on any atom is 0.167 e. The van der Waals surface area contributed by atoms with Crippen LogP contribution in [0.4, 0.5) is 4.39 Å². The van der Waals surface area contributed by atoms with Gasteiger partial charge in [0.05, 0.1) is 11.8 Å². The lowest BCUT2D eigenvalue weighted by Crippen LogP contribution is -1.85. The molecule has 0 unspecified atom stereocenters. The highest BCUT2D eigenvalue weighted by Gasteiger charge is 1.96. The molecule has 2 rings (SSSR count). The van der Waals surface area contributed by atoms with E-state index < -0.39 is 0 Å². The van der Waals surface area contributed by atoms with Crippen molar-refractivity contribution in [3.63, 3.8) is 0 Å². The molecule has 1 heterocycles. The van der Waals surface area contributed by atoms with Gasteiger partial charge in [-0.2, -0.15) is 5.10 Å². The zero-order chi connectivity index (χ0) is 11.4. The van der Waals surface area contributed by atoms with Gasteiger partial charge in [-0.15, -0.1) is 5.10 Å². The van der Waals surface area contributed by atoms with Gasteiger partial charge in [0, 0.05) is 5.56 Å². The third-order valence-electron chi connectivity index (χ3n) is 1.84. The molecule has 0 atom stereocenters. The van der Waals surface area contributed by atoms with Gasteiger partial charge >= 0.3 is 0 Å². The highest BCUT2D eigenvalue weighted by molar-refractivity contribution is 6.30. The number of hydrogen-bond acceptors (Lipinski definition) is 2. The van der Waals surface area contributed by atoms with Crippen LogP contribution in [0.15, 0.2) is 36.5 Å². The van der Waals surface area contributed by atoms with E-state index in [9.17, 15) is 4.39 Å². The first-order chi connectivity index (χ1) is 7.75. The van der Waals surface area contributed by atoms with Gasteiger partial charge in [0.2, 0.25) is 0 Å². The Kier molecular flexibility index (Phi) is 3.13. The van der Waals surface area contributed by atoms with Gasteiger partial charge in [-0.1, -0.05) is 29.5 Å². The van der Waals surface area contributed by atoms with Crippen LogP contribution in [0.5, 0.6) is 0 Å². The standard InChI is InChI=1S/C12H6ClFN2/c13-12-10(6-7-15-16-12)5-4-9-2-1-3-11(14)8-9/h1-3,6-8H. The molecule has 2 nitrogen and oxygen atoms in total. The minimum Gasteiger partial charge on any atom is -0.207 e. The Morgan fingerprint density at radius 1 is 1.19 bits per heavy atom. The molecule has 0 aliphatic heterocycles. The molecule has 0 fully saturated rings. The summed E-state index contributed by atoms with van der Waals surface area (Å²) in [5.74, 6) is 5.29. The van der Waals surface area contributed by atoms with Gasteiger partial charge in [0.25, 0.3) is 0 Å². The first kappa shape index (κ1) is 10.6. The molecular formula is C12H6ClFN2. The summed E-state index contributed by atoms with van der Waals surface area (Å²) in [6, 6.07) is 7.70. The molecular weight excluding hydrogens is 227 g/mol. The summed E-state index contributed by atoms with van der Waals surface area (Å²) >= 11 is 5.77. The zero-order valence-corrected chi connectivity index (χ0v) is 8.87. The monoisotopic (exact) mass is 232 g/mol. The van der Waals surface area contributed by atoms with E-state index in [1.807, 2.05) is 0 Å². The Morgan fingerprint density at radius 3 is 2.81 bits per heavy atom. The van der Waals surface area contributed by atoms with E-state index >= 15 is 0 Å². The largest absolute Gasteiger partial charge is 0.207 e. The van der Waals surface area contributed by atoms with E-state index in [0.29, 0.717) is 11.1 Å². The predicted octanol–water partition coefficient (Wildman–Crippen LogP) is 2.67. The average molecular weight is 233 g/mol. The van der Waals surface area contributed by atoms with Crippen LogP contribution in [0.3, 0.4) is 0 Å². The van der Waals surface area contributed by atoms with Crippen molar-refractivity contribution in [3.05, 3.63) is 58.6 Å². The van der Waals surface area contributed by atoms with E-state index in [4.69, 9.17) is 11.6 Å². The Labute approximate surface area is 97.1 Å². The summed E-state index contributed by atoms with van der Waals surface area (Å²) in [4.78, 5) is 0. The highest BCUT2D eigenvalue weighted by atomic mass is 35.5. The lowest BCUT2D eigenvalue weighted by Gasteiger charge is -1.92. The van der Waals surface area contributed by atoms with Crippen LogP contribution in [0.2, 0.25) is 5.15 Å². The second-order valence-corrected chi connectivity index (χ2v) is 3.35. The average Bonchev–Trinajstić information content (AvgIpc) is 2.28. The van der Waals surface area contributed by atoms with Crippen molar-refractivity contribution in [3.8, 4) is 11.8 Å². The molecule has 1 aromatic heterocycles. The van der Waals surface area contributed by atoms with Gasteiger partial charge in [0.1, 0.15) is 5.82 Å². The van der Waals surface area contributed by atoms with Gasteiger partial charge in [-0.25, -0.2) is 4.39 Å². The Balaban J connectivity index is 2.32. The van der Waals surface area contributed by atoms with Crippen molar-refractivity contribution in [2.45, 2.75) is 0 Å². The fourth-order valence-corrected chi connectivity index (χ4v) is 1.27. The Morgan fingerprint density at radius 2 is 2.06 bits per heavy atom. The number of aromatic nitrogens is 2. The highest BCUT2D eigenvalue weighted by Crippen LogP contribution is 2.09. The lowest BCUT2D eigenvalue weighted by atomic mass is 10.2. The molecule has 0 spiro atoms. The van der Waals surface area contributed by atoms with E-state index in [2.05, 4.69) is 22.0 Å². The zero-order valence-electron chi connectivity index (χ0n) is 8.11. The quantitative estimate of drug-likeness (QED) is 0.653. The SMILES string of the molecule is Fc1cccc(C#Cc2ccnnc2Cl)c1. The molecule has 0 saturated carbocycles. The van der Waals surface area contributed by atoms with Crippen molar-refractivity contribution in [1.29, 1.82) is 0 Å². The molecule has 0 amide bonds. The lowest BCUT2D eigenvalue weighted by molar-refractivity contribution is 0.627. The van der Waals surface area contributed by atoms with E-state index in [0.717, 1.165) is 0 Å². The fraction of sp³-hybridized carbons (Fsp3) is 0. The summed E-state index contributed by atoms with van der Waals surface area (Å²) in [7, 11) is 0. The first-order valence-electron chi connectivity index (χ1n) is 4.50. The Hall–Kier alpha value is -1.92. The van der Waals surface area contributed by atoms with Crippen molar-refractivity contribution in [1.82, 2.24) is 10.2 Å². The second kappa shape index (κ2) is 4.73. The van der Waals surface area contributed by atoms with Crippen molar-refractivity contribution >= 4 is 11.6 Å². The summed E-state index contributed by atoms with van der Waals surface area (Å²) in [5, 5.41) is 7.49. The first-order valence-corrected chi connectivity index (χ1v) is 4.88. The van der Waals surface area contributed by atoms with Crippen LogP contribution >= 0.6 is 11.6 Å². The van der Waals surface area contributed by atoms with Crippen LogP contribution in [0, 0.1) is 17.7 Å². The molecule has 4 heteroatoms. The number of hydrogen-bond donors (Lipinski definition) is 0. The summed E-state index contributed by atoms with van der Waals surface area (Å²) in [6.07, 6.45) is 1.50. The minimum atomic E-state index is -0.314. The van der Waals surface area contributed by atoms with E-state index in [1.54, 1.807) is 18.2 Å². The third kappa shape index (κ3) is 2.56. The maximum absolute atomic E-state index is 12.9. The topological polar surface area (TPSA) is 25.8 Å². The van der Waals surface area contributed by atoms with Crippen LogP contribution in [0.1, 0.15) is 11.1 Å². The molecule has 1 aromatic carbocycles. The van der Waals surface area contributed by atoms with Crippen LogP contribution in [0.25, 0.3) is 0 Å². The molecule has 16 heavy (non-hydrogen) atoms. The van der Waals surface area contributed by atoms with Crippen molar-refractivity contribution in [2.75, 3.05) is 0 Å². The molecule has 0 bridgehead atoms. The number of halogens is 2. The minimum absolute atomic E-state index is 0.242. The molecule has 0 saturated heterocycles. The molecule has 0 N–H and O–H groups in total. The van der Waals surface area contributed by atoms with Crippen molar-refractivity contribution < 1.29 is 4.39 Å². The molecule has 78 valence electrons. The smallest absolute Gasteiger partial charge is 0.167 e. The van der Waals surface area contributed by atoms with Crippen molar-refractivity contribution in [2.24, 2.45) is 0 Å². The predicted molar refractivity (Wildman–Crippen MR) is 59.4 cm³/mol. The van der Waals surface area contributed by atoms with Crippen LogP contribution in [-0.2, 0) is 0 Å². The Bertz CT molecular complexity index is 572. The number of benzene rings is 1. The second-order valence-electron chi connectivity index (χ2n) is 3.00. The molecule has 0 aliphatic carbocycles. The summed E-state index contributed by atoms with van der Waals surface area (Å²) in [6.45, 7) is 0. The van der Waals surface area contributed by atoms with Gasteiger partial charge in [-0.3, -0.25) is 0 Å². The fourth-order valence-electron chi connectivity index (χ4n) is 1.11. The molecule has 2 aromatic rings. The molecule has 0 aliphatic rings. The van der Waals surface area contributed by atoms with E-state index in [-0.39, 0.29) is 11.0 Å².